The van der Waals surface area contributed by atoms with Gasteiger partial charge < -0.3 is 24.3 Å². The Kier molecular flexibility index (Phi) is 5.87. The summed E-state index contributed by atoms with van der Waals surface area (Å²) in [6.07, 6.45) is 10.1. The molecule has 1 spiro atoms. The highest BCUT2D eigenvalue weighted by molar-refractivity contribution is 5.99. The van der Waals surface area contributed by atoms with Gasteiger partial charge in [0.2, 0.25) is 0 Å². The van der Waals surface area contributed by atoms with Crippen LogP contribution in [0.15, 0.2) is 53.4 Å². The van der Waals surface area contributed by atoms with Crippen molar-refractivity contribution in [3.05, 3.63) is 54.1 Å². The first kappa shape index (κ1) is 22.7. The van der Waals surface area contributed by atoms with Gasteiger partial charge in [-0.05, 0) is 74.8 Å². The van der Waals surface area contributed by atoms with Crippen LogP contribution in [0.4, 0.5) is 5.69 Å². The normalized spacial score (nSPS) is 26.1. The molecule has 1 aliphatic carbocycles. The first-order chi connectivity index (χ1) is 17.1. The molecule has 6 heteroatoms. The number of aliphatic imine (C=N–C) groups is 1. The molecule has 0 bridgehead atoms. The Morgan fingerprint density at radius 2 is 2.11 bits per heavy atom. The van der Waals surface area contributed by atoms with Crippen LogP contribution in [-0.2, 0) is 10.3 Å². The highest BCUT2D eigenvalue weighted by Crippen LogP contribution is 2.45. The van der Waals surface area contributed by atoms with E-state index in [9.17, 15) is 0 Å². The number of aromatic nitrogens is 1. The maximum Gasteiger partial charge on any atom is 0.136 e. The fourth-order valence-corrected chi connectivity index (χ4v) is 6.92. The maximum absolute atomic E-state index is 5.97. The van der Waals surface area contributed by atoms with Gasteiger partial charge in [0, 0.05) is 37.1 Å². The van der Waals surface area contributed by atoms with Crippen LogP contribution < -0.4 is 10.1 Å². The number of benzene rings is 1. The molecule has 6 rings (SSSR count). The number of hydrogen-bond donors (Lipinski definition) is 1. The fourth-order valence-electron chi connectivity index (χ4n) is 6.92. The van der Waals surface area contributed by atoms with E-state index in [2.05, 4.69) is 65.2 Å². The zero-order chi connectivity index (χ0) is 24.0. The van der Waals surface area contributed by atoms with Gasteiger partial charge >= 0.3 is 0 Å². The molecule has 4 heterocycles. The van der Waals surface area contributed by atoms with Crippen molar-refractivity contribution >= 4 is 11.4 Å². The smallest absolute Gasteiger partial charge is 0.136 e. The average Bonchev–Trinajstić information content (AvgIpc) is 3.32. The molecule has 1 fully saturated rings. The molecule has 186 valence electrons. The highest BCUT2D eigenvalue weighted by atomic mass is 16.5. The van der Waals surface area contributed by atoms with Crippen molar-refractivity contribution in [2.24, 2.45) is 16.8 Å². The summed E-state index contributed by atoms with van der Waals surface area (Å²) in [7, 11) is 1.74. The van der Waals surface area contributed by atoms with Crippen molar-refractivity contribution in [2.45, 2.75) is 57.5 Å². The second kappa shape index (κ2) is 9.05. The van der Waals surface area contributed by atoms with Crippen molar-refractivity contribution in [1.29, 1.82) is 0 Å². The van der Waals surface area contributed by atoms with E-state index < -0.39 is 0 Å². The number of ether oxygens (including phenoxy) is 2. The number of likely N-dealkylation sites (tertiary alicyclic amines) is 1. The van der Waals surface area contributed by atoms with Gasteiger partial charge in [0.1, 0.15) is 18.1 Å². The van der Waals surface area contributed by atoms with Crippen molar-refractivity contribution in [3.63, 3.8) is 0 Å². The van der Waals surface area contributed by atoms with E-state index in [1.54, 1.807) is 7.11 Å². The summed E-state index contributed by atoms with van der Waals surface area (Å²) in [4.78, 5) is 7.60. The second-order valence-electron chi connectivity index (χ2n) is 10.6. The first-order valence-electron chi connectivity index (χ1n) is 13.4. The van der Waals surface area contributed by atoms with Crippen molar-refractivity contribution < 1.29 is 9.47 Å². The lowest BCUT2D eigenvalue weighted by molar-refractivity contribution is 0.0764. The Morgan fingerprint density at radius 1 is 1.26 bits per heavy atom. The van der Waals surface area contributed by atoms with Crippen molar-refractivity contribution in [1.82, 2.24) is 9.47 Å². The molecule has 35 heavy (non-hydrogen) atoms. The number of methoxy groups -OCH3 is 1. The third-order valence-electron chi connectivity index (χ3n) is 9.02. The SMILES string of the molecule is CCC1CC=C2OCCN=C2CC1C(C)N1CCC2(CC1)Nc1cc(OC)ccc1-n1cccc12. The lowest BCUT2D eigenvalue weighted by atomic mass is 9.77. The number of nitrogens with zero attached hydrogens (tertiary/aromatic N) is 3. The van der Waals surface area contributed by atoms with Gasteiger partial charge in [0.05, 0.1) is 36.3 Å². The summed E-state index contributed by atoms with van der Waals surface area (Å²) in [5.74, 6) is 3.24. The van der Waals surface area contributed by atoms with Gasteiger partial charge in [0.15, 0.2) is 0 Å². The molecule has 3 aliphatic heterocycles. The molecular weight excluding hydrogens is 436 g/mol. The van der Waals surface area contributed by atoms with Crippen LogP contribution in [0.2, 0.25) is 0 Å². The van der Waals surface area contributed by atoms with Gasteiger partial charge in [-0.25, -0.2) is 0 Å². The van der Waals surface area contributed by atoms with Gasteiger partial charge in [-0.1, -0.05) is 13.3 Å². The predicted molar refractivity (Wildman–Crippen MR) is 141 cm³/mol. The van der Waals surface area contributed by atoms with E-state index in [1.807, 2.05) is 6.07 Å². The summed E-state index contributed by atoms with van der Waals surface area (Å²) in [6.45, 7) is 8.51. The van der Waals surface area contributed by atoms with E-state index in [0.717, 1.165) is 63.4 Å². The monoisotopic (exact) mass is 474 g/mol. The molecule has 0 amide bonds. The molecule has 2 aromatic rings. The first-order valence-corrected chi connectivity index (χ1v) is 13.4. The number of rotatable bonds is 4. The molecule has 1 aromatic heterocycles. The Bertz CT molecular complexity index is 1140. The molecule has 1 N–H and O–H groups in total. The fraction of sp³-hybridized carbons (Fsp3) is 0.552. The Morgan fingerprint density at radius 3 is 2.91 bits per heavy atom. The van der Waals surface area contributed by atoms with Crippen molar-refractivity contribution in [2.75, 3.05) is 38.7 Å². The molecule has 3 atom stereocenters. The minimum atomic E-state index is -0.0390. The number of fused-ring (bicyclic) bond motifs is 5. The number of piperidine rings is 1. The van der Waals surface area contributed by atoms with Crippen molar-refractivity contribution in [3.8, 4) is 11.4 Å². The minimum absolute atomic E-state index is 0.0390. The summed E-state index contributed by atoms with van der Waals surface area (Å²) in [6, 6.07) is 11.4. The summed E-state index contributed by atoms with van der Waals surface area (Å²) in [5.41, 5.74) is 4.91. The van der Waals surface area contributed by atoms with E-state index in [0.29, 0.717) is 17.9 Å². The molecule has 1 saturated heterocycles. The van der Waals surface area contributed by atoms with Crippen LogP contribution >= 0.6 is 0 Å². The number of nitrogens with one attached hydrogen (secondary N) is 1. The third-order valence-corrected chi connectivity index (χ3v) is 9.02. The van der Waals surface area contributed by atoms with Crippen LogP contribution in [0.1, 0.15) is 51.6 Å². The van der Waals surface area contributed by atoms with E-state index in [-0.39, 0.29) is 5.54 Å². The molecule has 0 saturated carbocycles. The molecule has 0 radical (unpaired) electrons. The van der Waals surface area contributed by atoms with Crippen LogP contribution in [-0.4, -0.2) is 54.6 Å². The maximum atomic E-state index is 5.97. The Balaban J connectivity index is 1.22. The van der Waals surface area contributed by atoms with Crippen LogP contribution in [0, 0.1) is 11.8 Å². The lowest BCUT2D eigenvalue weighted by Gasteiger charge is -2.49. The Hall–Kier alpha value is -2.73. The molecule has 1 aromatic carbocycles. The van der Waals surface area contributed by atoms with Gasteiger partial charge in [-0.15, -0.1) is 0 Å². The summed E-state index contributed by atoms with van der Waals surface area (Å²) >= 11 is 0. The molecule has 6 nitrogen and oxygen atoms in total. The predicted octanol–water partition coefficient (Wildman–Crippen LogP) is 5.38. The molecule has 3 unspecified atom stereocenters. The highest BCUT2D eigenvalue weighted by Gasteiger charge is 2.44. The van der Waals surface area contributed by atoms with E-state index in [4.69, 9.17) is 14.5 Å². The van der Waals surface area contributed by atoms with Gasteiger partial charge in [-0.2, -0.15) is 0 Å². The van der Waals surface area contributed by atoms with Crippen LogP contribution in [0.3, 0.4) is 0 Å². The van der Waals surface area contributed by atoms with Gasteiger partial charge in [0.25, 0.3) is 0 Å². The molecule has 4 aliphatic rings. The molecular formula is C29H38N4O2. The average molecular weight is 475 g/mol. The summed E-state index contributed by atoms with van der Waals surface area (Å²) in [5, 5.41) is 3.96. The number of anilines is 1. The summed E-state index contributed by atoms with van der Waals surface area (Å²) < 4.78 is 13.9. The number of hydrogen-bond acceptors (Lipinski definition) is 5. The van der Waals surface area contributed by atoms with Crippen LogP contribution in [0.25, 0.3) is 5.69 Å². The Labute approximate surface area is 209 Å². The van der Waals surface area contributed by atoms with E-state index in [1.165, 1.54) is 29.2 Å². The quantitative estimate of drug-likeness (QED) is 0.646. The zero-order valence-electron chi connectivity index (χ0n) is 21.3. The number of allylic oxidation sites excluding steroid dienone is 2. The largest absolute Gasteiger partial charge is 0.497 e. The lowest BCUT2D eigenvalue weighted by Crippen LogP contribution is -2.53. The third kappa shape index (κ3) is 3.86. The van der Waals surface area contributed by atoms with Crippen LogP contribution in [0.5, 0.6) is 5.75 Å². The second-order valence-corrected chi connectivity index (χ2v) is 10.6. The minimum Gasteiger partial charge on any atom is -0.497 e. The topological polar surface area (TPSA) is 51.0 Å². The zero-order valence-corrected chi connectivity index (χ0v) is 21.3. The standard InChI is InChI=1S/C29H38N4O2/c1-4-21-7-10-27-25(30-13-17-35-27)19-23(21)20(2)32-15-11-29(12-16-32)28-6-5-14-33(28)26-9-8-22(34-3)18-24(26)31-29/h5-6,8-10,14,18,20-21,23,31H,4,7,11-13,15-17,19H2,1-3H3. The van der Waals surface area contributed by atoms with E-state index >= 15 is 0 Å². The van der Waals surface area contributed by atoms with Gasteiger partial charge in [-0.3, -0.25) is 4.99 Å².